The molecule has 3 nitrogen and oxygen atoms in total. The molecule has 4 heteroatoms. The Morgan fingerprint density at radius 3 is 2.25 bits per heavy atom. The Kier molecular flexibility index (Phi) is 3.70. The fourth-order valence-electron chi connectivity index (χ4n) is 2.56. The van der Waals surface area contributed by atoms with Crippen molar-refractivity contribution in [2.45, 2.75) is 12.8 Å². The van der Waals surface area contributed by atoms with Crippen LogP contribution in [0.25, 0.3) is 0 Å². The third-order valence-electron chi connectivity index (χ3n) is 3.64. The Labute approximate surface area is 123 Å². The van der Waals surface area contributed by atoms with E-state index in [9.17, 15) is 4.79 Å². The van der Waals surface area contributed by atoms with E-state index in [1.807, 2.05) is 4.90 Å². The van der Waals surface area contributed by atoms with Crippen LogP contribution in [-0.4, -0.2) is 28.9 Å². The predicted octanol–water partition coefficient (Wildman–Crippen LogP) is 2.98. The lowest BCUT2D eigenvalue weighted by Gasteiger charge is -2.19. The van der Waals surface area contributed by atoms with Gasteiger partial charge >= 0.3 is 0 Å². The number of hydrogen-bond acceptors (Lipinski definition) is 2. The molecule has 0 saturated carbocycles. The van der Waals surface area contributed by atoms with Crippen molar-refractivity contribution in [3.63, 3.8) is 0 Å². The van der Waals surface area contributed by atoms with Gasteiger partial charge in [0.1, 0.15) is 10.8 Å². The Bertz CT molecular complexity index is 615. The van der Waals surface area contributed by atoms with Crippen LogP contribution < -0.4 is 0 Å². The Hall–Kier alpha value is -1.87. The van der Waals surface area contributed by atoms with Gasteiger partial charge in [0.2, 0.25) is 0 Å². The van der Waals surface area contributed by atoms with Crippen LogP contribution in [0.15, 0.2) is 42.5 Å². The van der Waals surface area contributed by atoms with Crippen LogP contribution in [0.5, 0.6) is 0 Å². The van der Waals surface area contributed by atoms with Crippen molar-refractivity contribution >= 4 is 17.5 Å². The second-order valence-electron chi connectivity index (χ2n) is 4.91. The van der Waals surface area contributed by atoms with Gasteiger partial charge in [0, 0.05) is 13.1 Å². The molecule has 0 radical (unpaired) electrons. The molecule has 20 heavy (non-hydrogen) atoms. The summed E-state index contributed by atoms with van der Waals surface area (Å²) < 4.78 is 0. The third kappa shape index (κ3) is 2.68. The van der Waals surface area contributed by atoms with Crippen LogP contribution >= 0.6 is 11.6 Å². The highest BCUT2D eigenvalue weighted by molar-refractivity contribution is 6.29. The van der Waals surface area contributed by atoms with Crippen LogP contribution in [0, 0.1) is 0 Å². The number of hydrogen-bond donors (Lipinski definition) is 0. The van der Waals surface area contributed by atoms with E-state index in [1.54, 1.807) is 18.2 Å². The molecule has 102 valence electrons. The molecule has 0 saturated heterocycles. The summed E-state index contributed by atoms with van der Waals surface area (Å²) in [4.78, 5) is 18.4. The minimum Gasteiger partial charge on any atom is -0.337 e. The van der Waals surface area contributed by atoms with Crippen molar-refractivity contribution in [1.82, 2.24) is 9.88 Å². The zero-order valence-electron chi connectivity index (χ0n) is 11.1. The van der Waals surface area contributed by atoms with E-state index in [-0.39, 0.29) is 5.91 Å². The van der Waals surface area contributed by atoms with Gasteiger partial charge in [-0.05, 0) is 36.1 Å². The van der Waals surface area contributed by atoms with Crippen molar-refractivity contribution in [1.29, 1.82) is 0 Å². The molecular weight excluding hydrogens is 272 g/mol. The number of nitrogens with zero attached hydrogens (tertiary/aromatic N) is 2. The molecule has 1 aromatic carbocycles. The first-order chi connectivity index (χ1) is 9.74. The first-order valence-electron chi connectivity index (χ1n) is 6.72. The number of carbonyl (C=O) groups is 1. The van der Waals surface area contributed by atoms with Gasteiger partial charge < -0.3 is 4.90 Å². The molecule has 0 fully saturated rings. The Balaban J connectivity index is 1.78. The van der Waals surface area contributed by atoms with Gasteiger partial charge in [-0.3, -0.25) is 4.79 Å². The highest BCUT2D eigenvalue weighted by Gasteiger charge is 2.20. The van der Waals surface area contributed by atoms with Gasteiger partial charge in [0.15, 0.2) is 0 Å². The smallest absolute Gasteiger partial charge is 0.272 e. The van der Waals surface area contributed by atoms with Gasteiger partial charge in [0.25, 0.3) is 5.91 Å². The fourth-order valence-corrected chi connectivity index (χ4v) is 2.72. The third-order valence-corrected chi connectivity index (χ3v) is 3.85. The average molecular weight is 287 g/mol. The van der Waals surface area contributed by atoms with E-state index < -0.39 is 0 Å². The zero-order valence-corrected chi connectivity index (χ0v) is 11.8. The van der Waals surface area contributed by atoms with Gasteiger partial charge in [-0.2, -0.15) is 0 Å². The van der Waals surface area contributed by atoms with E-state index in [1.165, 1.54) is 11.1 Å². The van der Waals surface area contributed by atoms with E-state index >= 15 is 0 Å². The molecule has 0 atom stereocenters. The predicted molar refractivity (Wildman–Crippen MR) is 79.0 cm³/mol. The molecule has 0 spiro atoms. The quantitative estimate of drug-likeness (QED) is 0.755. The number of aromatic nitrogens is 1. The molecule has 0 aliphatic carbocycles. The number of carbonyl (C=O) groups excluding carboxylic acids is 1. The summed E-state index contributed by atoms with van der Waals surface area (Å²) in [6.07, 6.45) is 1.78. The maximum absolute atomic E-state index is 12.5. The zero-order chi connectivity index (χ0) is 13.9. The number of fused-ring (bicyclic) bond motifs is 1. The maximum Gasteiger partial charge on any atom is 0.272 e. The standard InChI is InChI=1S/C16H15ClN2O/c17-15-7-3-6-14(18-15)16(20)19-10-8-12-4-1-2-5-13(12)9-11-19/h1-7H,8-11H2. The Morgan fingerprint density at radius 1 is 1.00 bits per heavy atom. The summed E-state index contributed by atoms with van der Waals surface area (Å²) in [5, 5.41) is 0.356. The molecule has 2 heterocycles. The molecule has 1 aliphatic rings. The summed E-state index contributed by atoms with van der Waals surface area (Å²) in [5.74, 6) is -0.0414. The summed E-state index contributed by atoms with van der Waals surface area (Å²) in [7, 11) is 0. The van der Waals surface area contributed by atoms with Crippen LogP contribution in [0.1, 0.15) is 21.6 Å². The van der Waals surface area contributed by atoms with E-state index in [2.05, 4.69) is 29.2 Å². The van der Waals surface area contributed by atoms with Crippen LogP contribution in [0.2, 0.25) is 5.15 Å². The van der Waals surface area contributed by atoms with Crippen molar-refractivity contribution in [3.8, 4) is 0 Å². The lowest BCUT2D eigenvalue weighted by atomic mass is 10.0. The number of amides is 1. The van der Waals surface area contributed by atoms with Crippen molar-refractivity contribution in [2.75, 3.05) is 13.1 Å². The largest absolute Gasteiger partial charge is 0.337 e. The van der Waals surface area contributed by atoms with E-state index in [0.717, 1.165) is 25.9 Å². The van der Waals surface area contributed by atoms with Crippen molar-refractivity contribution < 1.29 is 4.79 Å². The number of pyridine rings is 1. The van der Waals surface area contributed by atoms with Crippen LogP contribution in [0.4, 0.5) is 0 Å². The first-order valence-corrected chi connectivity index (χ1v) is 7.10. The highest BCUT2D eigenvalue weighted by Crippen LogP contribution is 2.17. The van der Waals surface area contributed by atoms with Gasteiger partial charge in [0.05, 0.1) is 0 Å². The lowest BCUT2D eigenvalue weighted by molar-refractivity contribution is 0.0757. The minimum atomic E-state index is -0.0414. The highest BCUT2D eigenvalue weighted by atomic mass is 35.5. The summed E-state index contributed by atoms with van der Waals surface area (Å²) in [6.45, 7) is 1.45. The second-order valence-corrected chi connectivity index (χ2v) is 5.29. The SMILES string of the molecule is O=C(c1cccc(Cl)n1)N1CCc2ccccc2CC1. The molecule has 1 amide bonds. The van der Waals surface area contributed by atoms with Crippen molar-refractivity contribution in [2.24, 2.45) is 0 Å². The maximum atomic E-state index is 12.5. The molecule has 2 aromatic rings. The molecule has 1 aromatic heterocycles. The molecule has 1 aliphatic heterocycles. The van der Waals surface area contributed by atoms with Gasteiger partial charge in [-0.25, -0.2) is 4.98 Å². The molecule has 3 rings (SSSR count). The summed E-state index contributed by atoms with van der Waals surface area (Å²) in [5.41, 5.74) is 3.09. The monoisotopic (exact) mass is 286 g/mol. The van der Waals surface area contributed by atoms with Crippen molar-refractivity contribution in [3.05, 3.63) is 64.4 Å². The van der Waals surface area contributed by atoms with Gasteiger partial charge in [-0.15, -0.1) is 0 Å². The lowest BCUT2D eigenvalue weighted by Crippen LogP contribution is -2.33. The minimum absolute atomic E-state index is 0.0414. The van der Waals surface area contributed by atoms with E-state index in [4.69, 9.17) is 11.6 Å². The average Bonchev–Trinajstić information content (AvgIpc) is 2.69. The molecule has 0 N–H and O–H groups in total. The van der Waals surface area contributed by atoms with E-state index in [0.29, 0.717) is 10.8 Å². The molecular formula is C16H15ClN2O. The van der Waals surface area contributed by atoms with Gasteiger partial charge in [-0.1, -0.05) is 41.9 Å². The number of halogens is 1. The normalized spacial score (nSPS) is 14.6. The number of benzene rings is 1. The summed E-state index contributed by atoms with van der Waals surface area (Å²) >= 11 is 5.85. The number of rotatable bonds is 1. The molecule has 0 unspecified atom stereocenters. The summed E-state index contributed by atoms with van der Waals surface area (Å²) in [6, 6.07) is 13.5. The fraction of sp³-hybridized carbons (Fsp3) is 0.250. The van der Waals surface area contributed by atoms with Crippen LogP contribution in [-0.2, 0) is 12.8 Å². The second kappa shape index (κ2) is 5.63. The molecule has 0 bridgehead atoms. The topological polar surface area (TPSA) is 33.2 Å². The Morgan fingerprint density at radius 2 is 1.65 bits per heavy atom. The first kappa shape index (κ1) is 13.1. The van der Waals surface area contributed by atoms with Crippen LogP contribution in [0.3, 0.4) is 0 Å².